The van der Waals surface area contributed by atoms with Gasteiger partial charge in [-0.1, -0.05) is 30.3 Å². The first-order valence-electron chi connectivity index (χ1n) is 13.5. The first kappa shape index (κ1) is 32.7. The number of carbonyl (C=O) groups excluding carboxylic acids is 3. The summed E-state index contributed by atoms with van der Waals surface area (Å²) in [6.07, 6.45) is -1.29. The van der Waals surface area contributed by atoms with Crippen LogP contribution in [0.3, 0.4) is 0 Å². The molecular weight excluding hydrogens is 520 g/mol. The number of ether oxygens (including phenoxy) is 3. The summed E-state index contributed by atoms with van der Waals surface area (Å²) >= 11 is 0. The molecule has 0 bridgehead atoms. The number of hydrazine groups is 1. The lowest BCUT2D eigenvalue weighted by atomic mass is 9.97. The van der Waals surface area contributed by atoms with Gasteiger partial charge < -0.3 is 29.5 Å². The minimum atomic E-state index is -0.962. The quantitative estimate of drug-likeness (QED) is 0.217. The standard InChI is InChI=1S/C28H44N4O8/c1-27(2,3)39-24(34)30-22(16-23(33)38-19-21-10-8-7-9-11-21)17-29-32(26(37)40-28(4,5)6)18-20-12-14-31(15-13-20)25(35)36/h7-11,20,22,29H,12-19H2,1-6H3,(H,30,34)(H,35,36)/t22-/m1/s1. The van der Waals surface area contributed by atoms with Crippen molar-refractivity contribution in [2.45, 2.75) is 84.7 Å². The van der Waals surface area contributed by atoms with Crippen LogP contribution >= 0.6 is 0 Å². The lowest BCUT2D eigenvalue weighted by molar-refractivity contribution is -0.145. The molecule has 1 heterocycles. The van der Waals surface area contributed by atoms with Gasteiger partial charge >= 0.3 is 24.2 Å². The maximum Gasteiger partial charge on any atom is 0.424 e. The number of carbonyl (C=O) groups is 4. The van der Waals surface area contributed by atoms with Gasteiger partial charge in [0.1, 0.15) is 17.8 Å². The summed E-state index contributed by atoms with van der Waals surface area (Å²) in [7, 11) is 0. The number of rotatable bonds is 10. The Hall–Kier alpha value is -3.54. The maximum atomic E-state index is 13.0. The Bertz CT molecular complexity index is 982. The molecule has 0 radical (unpaired) electrons. The number of nitrogens with one attached hydrogen (secondary N) is 2. The van der Waals surface area contributed by atoms with Crippen molar-refractivity contribution < 1.29 is 38.5 Å². The van der Waals surface area contributed by atoms with E-state index in [0.717, 1.165) is 5.56 Å². The van der Waals surface area contributed by atoms with E-state index < -0.39 is 41.5 Å². The fourth-order valence-corrected chi connectivity index (χ4v) is 3.95. The van der Waals surface area contributed by atoms with E-state index in [2.05, 4.69) is 10.7 Å². The van der Waals surface area contributed by atoms with E-state index in [1.165, 1.54) is 9.91 Å². The second-order valence-corrected chi connectivity index (χ2v) is 11.9. The maximum absolute atomic E-state index is 13.0. The van der Waals surface area contributed by atoms with E-state index in [0.29, 0.717) is 25.9 Å². The van der Waals surface area contributed by atoms with Gasteiger partial charge in [0.25, 0.3) is 0 Å². The van der Waals surface area contributed by atoms with Crippen LogP contribution in [0, 0.1) is 5.92 Å². The zero-order valence-electron chi connectivity index (χ0n) is 24.4. The first-order chi connectivity index (χ1) is 18.6. The Balaban J connectivity index is 2.09. The second-order valence-electron chi connectivity index (χ2n) is 11.9. The second kappa shape index (κ2) is 14.7. The highest BCUT2D eigenvalue weighted by Gasteiger charge is 2.30. The molecule has 0 aliphatic carbocycles. The van der Waals surface area contributed by atoms with E-state index >= 15 is 0 Å². The van der Waals surface area contributed by atoms with E-state index in [1.807, 2.05) is 30.3 Å². The Labute approximate surface area is 236 Å². The van der Waals surface area contributed by atoms with Crippen LogP contribution in [0.2, 0.25) is 0 Å². The van der Waals surface area contributed by atoms with Gasteiger partial charge in [-0.05, 0) is 65.9 Å². The number of benzene rings is 1. The van der Waals surface area contributed by atoms with Crippen molar-refractivity contribution in [2.24, 2.45) is 5.92 Å². The van der Waals surface area contributed by atoms with Gasteiger partial charge in [-0.15, -0.1) is 0 Å². The number of hydrogen-bond acceptors (Lipinski definition) is 8. The highest BCUT2D eigenvalue weighted by atomic mass is 16.6. The number of likely N-dealkylation sites (tertiary alicyclic amines) is 1. The SMILES string of the molecule is CC(C)(C)OC(=O)N[C@@H](CNN(CC1CCN(C(=O)O)CC1)C(=O)OC(C)(C)C)CC(=O)OCc1ccccc1. The topological polar surface area (TPSA) is 147 Å². The predicted octanol–water partition coefficient (Wildman–Crippen LogP) is 4.14. The van der Waals surface area contributed by atoms with Crippen LogP contribution in [0.15, 0.2) is 30.3 Å². The van der Waals surface area contributed by atoms with Crippen molar-refractivity contribution in [3.05, 3.63) is 35.9 Å². The summed E-state index contributed by atoms with van der Waals surface area (Å²) in [5, 5.41) is 13.2. The average molecular weight is 565 g/mol. The predicted molar refractivity (Wildman–Crippen MR) is 147 cm³/mol. The zero-order chi connectivity index (χ0) is 29.9. The van der Waals surface area contributed by atoms with Crippen LogP contribution in [0.1, 0.15) is 66.4 Å². The molecule has 12 heteroatoms. The molecule has 12 nitrogen and oxygen atoms in total. The molecule has 2 rings (SSSR count). The van der Waals surface area contributed by atoms with E-state index in [-0.39, 0.29) is 32.0 Å². The summed E-state index contributed by atoms with van der Waals surface area (Å²) in [6.45, 7) is 11.6. The Morgan fingerprint density at radius 3 is 2.15 bits per heavy atom. The van der Waals surface area contributed by atoms with Gasteiger partial charge in [-0.2, -0.15) is 0 Å². The number of carboxylic acid groups (broad SMARTS) is 1. The largest absolute Gasteiger partial charge is 0.465 e. The van der Waals surface area contributed by atoms with Gasteiger partial charge in [0.15, 0.2) is 0 Å². The number of amides is 3. The monoisotopic (exact) mass is 564 g/mol. The van der Waals surface area contributed by atoms with Crippen LogP contribution in [0.25, 0.3) is 0 Å². The van der Waals surface area contributed by atoms with Crippen molar-refractivity contribution in [3.63, 3.8) is 0 Å². The summed E-state index contributed by atoms with van der Waals surface area (Å²) in [4.78, 5) is 50.8. The summed E-state index contributed by atoms with van der Waals surface area (Å²) in [6, 6.07) is 8.46. The molecule has 1 aliphatic rings. The number of esters is 1. The van der Waals surface area contributed by atoms with Crippen LogP contribution in [-0.4, -0.2) is 82.7 Å². The molecule has 224 valence electrons. The minimum Gasteiger partial charge on any atom is -0.465 e. The van der Waals surface area contributed by atoms with E-state index in [4.69, 9.17) is 14.2 Å². The van der Waals surface area contributed by atoms with Gasteiger partial charge in [0, 0.05) is 26.2 Å². The van der Waals surface area contributed by atoms with Crippen LogP contribution in [0.4, 0.5) is 14.4 Å². The number of hydrogen-bond donors (Lipinski definition) is 3. The molecule has 40 heavy (non-hydrogen) atoms. The molecule has 1 aromatic rings. The number of piperidine rings is 1. The molecule has 3 amide bonds. The fourth-order valence-electron chi connectivity index (χ4n) is 3.95. The van der Waals surface area contributed by atoms with Crippen molar-refractivity contribution in [1.29, 1.82) is 0 Å². The highest BCUT2D eigenvalue weighted by Crippen LogP contribution is 2.19. The molecule has 1 saturated heterocycles. The van der Waals surface area contributed by atoms with Crippen molar-refractivity contribution >= 4 is 24.2 Å². The Kier molecular flexibility index (Phi) is 12.0. The lowest BCUT2D eigenvalue weighted by Gasteiger charge is -2.35. The molecule has 1 fully saturated rings. The van der Waals surface area contributed by atoms with Gasteiger partial charge in [0.05, 0.1) is 12.5 Å². The van der Waals surface area contributed by atoms with Crippen molar-refractivity contribution in [2.75, 3.05) is 26.2 Å². The van der Waals surface area contributed by atoms with Crippen LogP contribution < -0.4 is 10.7 Å². The summed E-state index contributed by atoms with van der Waals surface area (Å²) in [5.74, 6) is -0.500. The molecule has 0 spiro atoms. The van der Waals surface area contributed by atoms with Crippen LogP contribution in [-0.2, 0) is 25.6 Å². The molecule has 0 saturated carbocycles. The van der Waals surface area contributed by atoms with Gasteiger partial charge in [-0.3, -0.25) is 4.79 Å². The third kappa shape index (κ3) is 13.0. The molecule has 1 atom stereocenters. The summed E-state index contributed by atoms with van der Waals surface area (Å²) < 4.78 is 16.3. The average Bonchev–Trinajstić information content (AvgIpc) is 2.83. The van der Waals surface area contributed by atoms with Gasteiger partial charge in [0.2, 0.25) is 0 Å². The Morgan fingerprint density at radius 1 is 1.00 bits per heavy atom. The highest BCUT2D eigenvalue weighted by molar-refractivity contribution is 5.73. The fraction of sp³-hybridized carbons (Fsp3) is 0.643. The lowest BCUT2D eigenvalue weighted by Crippen LogP contribution is -2.54. The molecule has 3 N–H and O–H groups in total. The van der Waals surface area contributed by atoms with E-state index in [9.17, 15) is 24.3 Å². The number of alkyl carbamates (subject to hydrolysis) is 1. The zero-order valence-corrected chi connectivity index (χ0v) is 24.4. The molecular formula is C28H44N4O8. The third-order valence-electron chi connectivity index (χ3n) is 5.84. The Morgan fingerprint density at radius 2 is 1.60 bits per heavy atom. The first-order valence-corrected chi connectivity index (χ1v) is 13.5. The third-order valence-corrected chi connectivity index (χ3v) is 5.84. The molecule has 0 unspecified atom stereocenters. The smallest absolute Gasteiger partial charge is 0.424 e. The summed E-state index contributed by atoms with van der Waals surface area (Å²) in [5.41, 5.74) is 2.35. The molecule has 1 aromatic carbocycles. The molecule has 1 aliphatic heterocycles. The normalized spacial score (nSPS) is 15.1. The minimum absolute atomic E-state index is 0.00684. The van der Waals surface area contributed by atoms with Crippen molar-refractivity contribution in [1.82, 2.24) is 20.7 Å². The number of nitrogens with zero attached hydrogens (tertiary/aromatic N) is 2. The van der Waals surface area contributed by atoms with Crippen molar-refractivity contribution in [3.8, 4) is 0 Å². The van der Waals surface area contributed by atoms with E-state index in [1.54, 1.807) is 41.5 Å². The molecule has 0 aromatic heterocycles. The van der Waals surface area contributed by atoms with Crippen LogP contribution in [0.5, 0.6) is 0 Å². The van der Waals surface area contributed by atoms with Gasteiger partial charge in [-0.25, -0.2) is 24.8 Å².